The van der Waals surface area contributed by atoms with Gasteiger partial charge in [-0.1, -0.05) is 34.6 Å². The van der Waals surface area contributed by atoms with Crippen molar-refractivity contribution in [3.8, 4) is 0 Å². The normalized spacial score (nSPS) is 13.2. The van der Waals surface area contributed by atoms with Gasteiger partial charge in [-0.15, -0.1) is 0 Å². The molecule has 3 N–H and O–H groups in total. The summed E-state index contributed by atoms with van der Waals surface area (Å²) in [6.45, 7) is 10.1. The van der Waals surface area contributed by atoms with E-state index >= 15 is 0 Å². The second-order valence-electron chi connectivity index (χ2n) is 6.34. The average molecular weight is 272 g/mol. The highest BCUT2D eigenvalue weighted by Crippen LogP contribution is 2.12. The zero-order chi connectivity index (χ0) is 15.1. The Balaban J connectivity index is 3.74. The van der Waals surface area contributed by atoms with Gasteiger partial charge in [-0.25, -0.2) is 0 Å². The Morgan fingerprint density at radius 2 is 1.74 bits per heavy atom. The molecule has 0 saturated heterocycles. The van der Waals surface area contributed by atoms with Crippen LogP contribution >= 0.6 is 0 Å². The molecule has 1 atom stereocenters. The van der Waals surface area contributed by atoms with Gasteiger partial charge in [0.2, 0.25) is 11.8 Å². The first-order valence-corrected chi connectivity index (χ1v) is 6.86. The molecule has 19 heavy (non-hydrogen) atoms. The Morgan fingerprint density at radius 3 is 2.21 bits per heavy atom. The standard InChI is InChI=1S/C14H28N2O3/c1-10(2)8-11(17)9-16-12(18)6-7-15-13(19)14(3,4)5/h10-11,17H,6-9H2,1-5H3,(H,15,19)(H,16,18). The molecule has 0 radical (unpaired) electrons. The molecule has 112 valence electrons. The maximum atomic E-state index is 11.6. The summed E-state index contributed by atoms with van der Waals surface area (Å²) in [4.78, 5) is 23.0. The summed E-state index contributed by atoms with van der Waals surface area (Å²) in [7, 11) is 0. The van der Waals surface area contributed by atoms with Gasteiger partial charge in [-0.05, 0) is 12.3 Å². The minimum atomic E-state index is -0.506. The third-order valence-corrected chi connectivity index (χ3v) is 2.60. The Kier molecular flexibility index (Phi) is 7.68. The van der Waals surface area contributed by atoms with Gasteiger partial charge in [0.1, 0.15) is 0 Å². The lowest BCUT2D eigenvalue weighted by Crippen LogP contribution is -2.38. The van der Waals surface area contributed by atoms with Gasteiger partial charge in [0.05, 0.1) is 6.10 Å². The number of hydrogen-bond acceptors (Lipinski definition) is 3. The van der Waals surface area contributed by atoms with Crippen LogP contribution in [-0.4, -0.2) is 36.1 Å². The van der Waals surface area contributed by atoms with Crippen LogP contribution in [0, 0.1) is 11.3 Å². The molecule has 2 amide bonds. The first-order chi connectivity index (χ1) is 8.62. The highest BCUT2D eigenvalue weighted by Gasteiger charge is 2.20. The number of aliphatic hydroxyl groups is 1. The number of carbonyl (C=O) groups is 2. The minimum Gasteiger partial charge on any atom is -0.391 e. The van der Waals surface area contributed by atoms with E-state index in [0.717, 1.165) is 0 Å². The fourth-order valence-corrected chi connectivity index (χ4v) is 1.50. The van der Waals surface area contributed by atoms with Crippen molar-refractivity contribution in [3.05, 3.63) is 0 Å². The van der Waals surface area contributed by atoms with Gasteiger partial charge in [0.25, 0.3) is 0 Å². The van der Waals surface area contributed by atoms with Crippen LogP contribution in [0.2, 0.25) is 0 Å². The summed E-state index contributed by atoms with van der Waals surface area (Å²) >= 11 is 0. The third kappa shape index (κ3) is 9.47. The number of aliphatic hydroxyl groups excluding tert-OH is 1. The Morgan fingerprint density at radius 1 is 1.16 bits per heavy atom. The fraction of sp³-hybridized carbons (Fsp3) is 0.857. The van der Waals surface area contributed by atoms with E-state index in [1.807, 2.05) is 34.6 Å². The second kappa shape index (κ2) is 8.15. The van der Waals surface area contributed by atoms with Crippen molar-refractivity contribution < 1.29 is 14.7 Å². The smallest absolute Gasteiger partial charge is 0.225 e. The third-order valence-electron chi connectivity index (χ3n) is 2.60. The van der Waals surface area contributed by atoms with E-state index in [9.17, 15) is 14.7 Å². The molecule has 0 rings (SSSR count). The molecule has 0 aromatic rings. The molecule has 0 aliphatic carbocycles. The molecule has 0 heterocycles. The molecule has 5 heteroatoms. The zero-order valence-corrected chi connectivity index (χ0v) is 12.7. The Bertz CT molecular complexity index is 296. The molecule has 0 bridgehead atoms. The van der Waals surface area contributed by atoms with Crippen LogP contribution < -0.4 is 10.6 Å². The maximum absolute atomic E-state index is 11.6. The van der Waals surface area contributed by atoms with Crippen molar-refractivity contribution in [2.75, 3.05) is 13.1 Å². The molecule has 0 aliphatic heterocycles. The molecule has 0 fully saturated rings. The van der Waals surface area contributed by atoms with E-state index in [2.05, 4.69) is 10.6 Å². The molecule has 0 aromatic heterocycles. The van der Waals surface area contributed by atoms with Gasteiger partial charge < -0.3 is 15.7 Å². The summed E-state index contributed by atoms with van der Waals surface area (Å²) in [5.41, 5.74) is -0.441. The lowest BCUT2D eigenvalue weighted by molar-refractivity contribution is -0.128. The van der Waals surface area contributed by atoms with Crippen LogP contribution in [0.25, 0.3) is 0 Å². The van der Waals surface area contributed by atoms with Crippen molar-refractivity contribution in [3.63, 3.8) is 0 Å². The molecular formula is C14H28N2O3. The van der Waals surface area contributed by atoms with Crippen molar-refractivity contribution in [1.82, 2.24) is 10.6 Å². The molecule has 0 saturated carbocycles. The first kappa shape index (κ1) is 17.9. The van der Waals surface area contributed by atoms with Crippen molar-refractivity contribution in [1.29, 1.82) is 0 Å². The summed E-state index contributed by atoms with van der Waals surface area (Å²) < 4.78 is 0. The monoisotopic (exact) mass is 272 g/mol. The predicted octanol–water partition coefficient (Wildman–Crippen LogP) is 1.06. The molecule has 0 aromatic carbocycles. The second-order valence-corrected chi connectivity index (χ2v) is 6.34. The largest absolute Gasteiger partial charge is 0.391 e. The number of hydrogen-bond donors (Lipinski definition) is 3. The van der Waals surface area contributed by atoms with E-state index in [4.69, 9.17) is 0 Å². The number of nitrogens with one attached hydrogen (secondary N) is 2. The van der Waals surface area contributed by atoms with Crippen molar-refractivity contribution in [2.24, 2.45) is 11.3 Å². The summed E-state index contributed by atoms with van der Waals surface area (Å²) in [6, 6.07) is 0. The van der Waals surface area contributed by atoms with E-state index in [1.54, 1.807) is 0 Å². The fourth-order valence-electron chi connectivity index (χ4n) is 1.50. The maximum Gasteiger partial charge on any atom is 0.225 e. The minimum absolute atomic E-state index is 0.0693. The SMILES string of the molecule is CC(C)CC(O)CNC(=O)CCNC(=O)C(C)(C)C. The predicted molar refractivity (Wildman–Crippen MR) is 75.6 cm³/mol. The van der Waals surface area contributed by atoms with Crippen LogP contribution in [0.1, 0.15) is 47.5 Å². The summed E-state index contributed by atoms with van der Waals surface area (Å²) in [6.07, 6.45) is 0.394. The highest BCUT2D eigenvalue weighted by atomic mass is 16.3. The van der Waals surface area contributed by atoms with Gasteiger partial charge in [0, 0.05) is 24.9 Å². The van der Waals surface area contributed by atoms with E-state index < -0.39 is 11.5 Å². The van der Waals surface area contributed by atoms with E-state index in [0.29, 0.717) is 18.9 Å². The van der Waals surface area contributed by atoms with Gasteiger partial charge in [-0.2, -0.15) is 0 Å². The van der Waals surface area contributed by atoms with Crippen molar-refractivity contribution in [2.45, 2.75) is 53.6 Å². The molecule has 5 nitrogen and oxygen atoms in total. The van der Waals surface area contributed by atoms with Crippen molar-refractivity contribution >= 4 is 11.8 Å². The number of rotatable bonds is 7. The molecule has 0 spiro atoms. The number of amides is 2. The van der Waals surface area contributed by atoms with E-state index in [1.165, 1.54) is 0 Å². The highest BCUT2D eigenvalue weighted by molar-refractivity contribution is 5.82. The van der Waals surface area contributed by atoms with Crippen LogP contribution in [0.5, 0.6) is 0 Å². The molecule has 0 aliphatic rings. The molecular weight excluding hydrogens is 244 g/mol. The lowest BCUT2D eigenvalue weighted by atomic mass is 9.96. The Labute approximate surface area is 116 Å². The summed E-state index contributed by atoms with van der Waals surface area (Å²) in [5, 5.41) is 15.0. The quantitative estimate of drug-likeness (QED) is 0.648. The van der Waals surface area contributed by atoms with Crippen LogP contribution in [0.4, 0.5) is 0 Å². The Hall–Kier alpha value is -1.10. The first-order valence-electron chi connectivity index (χ1n) is 6.86. The average Bonchev–Trinajstić information content (AvgIpc) is 2.24. The lowest BCUT2D eigenvalue weighted by Gasteiger charge is -2.17. The number of carbonyl (C=O) groups excluding carboxylic acids is 2. The van der Waals surface area contributed by atoms with Crippen LogP contribution in [-0.2, 0) is 9.59 Å². The zero-order valence-electron chi connectivity index (χ0n) is 12.7. The van der Waals surface area contributed by atoms with Crippen LogP contribution in [0.3, 0.4) is 0 Å². The summed E-state index contributed by atoms with van der Waals surface area (Å²) in [5.74, 6) is 0.176. The van der Waals surface area contributed by atoms with Gasteiger partial charge >= 0.3 is 0 Å². The van der Waals surface area contributed by atoms with Gasteiger partial charge in [-0.3, -0.25) is 9.59 Å². The van der Waals surface area contributed by atoms with E-state index in [-0.39, 0.29) is 24.8 Å². The van der Waals surface area contributed by atoms with Crippen LogP contribution in [0.15, 0.2) is 0 Å². The topological polar surface area (TPSA) is 78.4 Å². The van der Waals surface area contributed by atoms with Gasteiger partial charge in [0.15, 0.2) is 0 Å². The molecule has 1 unspecified atom stereocenters.